The first kappa shape index (κ1) is 26.7. The molecule has 42 heavy (non-hydrogen) atoms. The van der Waals surface area contributed by atoms with Crippen molar-refractivity contribution in [1.82, 2.24) is 14.5 Å². The number of nitrogen functional groups attached to an aromatic ring is 1. The van der Waals surface area contributed by atoms with Crippen LogP contribution < -0.4 is 16.6 Å². The van der Waals surface area contributed by atoms with Crippen LogP contribution in [0.2, 0.25) is 0 Å². The summed E-state index contributed by atoms with van der Waals surface area (Å²) in [6.07, 6.45) is 1.48. The van der Waals surface area contributed by atoms with E-state index in [0.717, 1.165) is 28.1 Å². The van der Waals surface area contributed by atoms with Crippen LogP contribution >= 0.6 is 0 Å². The van der Waals surface area contributed by atoms with Crippen LogP contribution in [0.25, 0.3) is 38.7 Å². The molecule has 0 fully saturated rings. The Balaban J connectivity index is 1.54. The van der Waals surface area contributed by atoms with E-state index in [1.165, 1.54) is 18.3 Å². The molecule has 6 rings (SSSR count). The fourth-order valence-corrected chi connectivity index (χ4v) is 5.32. The molecule has 0 saturated carbocycles. The molecule has 7 nitrogen and oxygen atoms in total. The van der Waals surface area contributed by atoms with Crippen molar-refractivity contribution in [2.45, 2.75) is 19.9 Å². The van der Waals surface area contributed by atoms with Gasteiger partial charge < -0.3 is 16.2 Å². The Morgan fingerprint density at radius 3 is 2.45 bits per heavy atom. The number of hydrogen-bond donors (Lipinski definition) is 3. The molecule has 2 heterocycles. The molecule has 2 aromatic heterocycles. The van der Waals surface area contributed by atoms with Gasteiger partial charge in [0.2, 0.25) is 5.95 Å². The molecule has 208 valence electrons. The largest absolute Gasteiger partial charge is 0.508 e. The summed E-state index contributed by atoms with van der Waals surface area (Å²) >= 11 is 0. The van der Waals surface area contributed by atoms with Gasteiger partial charge in [-0.05, 0) is 66.3 Å². The highest BCUT2D eigenvalue weighted by atomic mass is 19.1. The number of aromatic hydroxyl groups is 1. The first-order chi connectivity index (χ1) is 20.3. The zero-order chi connectivity index (χ0) is 29.4. The van der Waals surface area contributed by atoms with E-state index in [0.29, 0.717) is 33.7 Å². The predicted molar refractivity (Wildman–Crippen MR) is 165 cm³/mol. The molecule has 4 aromatic carbocycles. The lowest BCUT2D eigenvalue weighted by atomic mass is 9.97. The van der Waals surface area contributed by atoms with E-state index in [4.69, 9.17) is 5.73 Å². The zero-order valence-electron chi connectivity index (χ0n) is 23.0. The number of nitrogens with zero attached hydrogens (tertiary/aromatic N) is 3. The fraction of sp³-hybridized carbons (Fsp3) is 0.0882. The third kappa shape index (κ3) is 5.06. The van der Waals surface area contributed by atoms with E-state index < -0.39 is 11.9 Å². The maximum Gasteiger partial charge on any atom is 0.263 e. The SMILES string of the molecule is Cc1cccc(-c2cccc3cc([C@H](C)Nc4nc(N)ncc4-c4cc(O)cc(F)c4)n(-c4ccccc4)c(=O)c23)c1. The number of fused-ring (bicyclic) bond motifs is 1. The van der Waals surface area contributed by atoms with Crippen LogP contribution in [0.3, 0.4) is 0 Å². The molecule has 6 aromatic rings. The average molecular weight is 558 g/mol. The zero-order valence-corrected chi connectivity index (χ0v) is 23.0. The molecule has 0 radical (unpaired) electrons. The fourth-order valence-electron chi connectivity index (χ4n) is 5.32. The van der Waals surface area contributed by atoms with Gasteiger partial charge in [0.15, 0.2) is 0 Å². The molecule has 0 aliphatic heterocycles. The monoisotopic (exact) mass is 557 g/mol. The van der Waals surface area contributed by atoms with Gasteiger partial charge in [-0.25, -0.2) is 9.37 Å². The highest BCUT2D eigenvalue weighted by Crippen LogP contribution is 2.34. The van der Waals surface area contributed by atoms with Crippen molar-refractivity contribution in [2.75, 3.05) is 11.1 Å². The van der Waals surface area contributed by atoms with Gasteiger partial charge in [-0.2, -0.15) is 4.98 Å². The van der Waals surface area contributed by atoms with E-state index in [9.17, 15) is 14.3 Å². The number of nitrogens with one attached hydrogen (secondary N) is 1. The summed E-state index contributed by atoms with van der Waals surface area (Å²) in [6.45, 7) is 3.94. The smallest absolute Gasteiger partial charge is 0.263 e. The minimum absolute atomic E-state index is 0.0239. The number of rotatable bonds is 6. The van der Waals surface area contributed by atoms with Crippen LogP contribution in [0.1, 0.15) is 24.2 Å². The van der Waals surface area contributed by atoms with Crippen LogP contribution in [0.5, 0.6) is 5.75 Å². The number of benzene rings is 4. The van der Waals surface area contributed by atoms with Crippen molar-refractivity contribution in [1.29, 1.82) is 0 Å². The summed E-state index contributed by atoms with van der Waals surface area (Å²) in [6, 6.07) is 28.7. The summed E-state index contributed by atoms with van der Waals surface area (Å²) in [7, 11) is 0. The van der Waals surface area contributed by atoms with E-state index in [1.807, 2.05) is 86.6 Å². The summed E-state index contributed by atoms with van der Waals surface area (Å²) in [5, 5.41) is 14.8. The van der Waals surface area contributed by atoms with Crippen molar-refractivity contribution in [3.05, 3.63) is 131 Å². The Morgan fingerprint density at radius 1 is 0.905 bits per heavy atom. The lowest BCUT2D eigenvalue weighted by Crippen LogP contribution is -2.26. The number of phenols is 1. The van der Waals surface area contributed by atoms with Gasteiger partial charge in [0.1, 0.15) is 17.4 Å². The first-order valence-corrected chi connectivity index (χ1v) is 13.5. The Morgan fingerprint density at radius 2 is 1.69 bits per heavy atom. The van der Waals surface area contributed by atoms with Crippen molar-refractivity contribution in [3.63, 3.8) is 0 Å². The second kappa shape index (κ2) is 10.8. The summed E-state index contributed by atoms with van der Waals surface area (Å²) in [4.78, 5) is 22.9. The molecular weight excluding hydrogens is 529 g/mol. The normalized spacial score (nSPS) is 11.9. The Labute approximate surface area is 241 Å². The molecule has 0 amide bonds. The topological polar surface area (TPSA) is 106 Å². The van der Waals surface area contributed by atoms with E-state index in [2.05, 4.69) is 21.4 Å². The third-order valence-corrected chi connectivity index (χ3v) is 7.22. The quantitative estimate of drug-likeness (QED) is 0.203. The number of pyridine rings is 1. The second-order valence-electron chi connectivity index (χ2n) is 10.2. The van der Waals surface area contributed by atoms with E-state index in [-0.39, 0.29) is 17.3 Å². The summed E-state index contributed by atoms with van der Waals surface area (Å²) < 4.78 is 15.9. The standard InChI is InChI=1S/C34H28FN5O2/c1-20-8-6-9-22(14-20)28-13-7-10-23-17-30(40(33(42)31(23)28)26-11-4-3-5-12-26)21(2)38-32-29(19-37-34(36)39-32)24-15-25(35)18-27(41)16-24/h3-19,21,41H,1-2H3,(H3,36,37,38,39)/t21-/m0/s1. The molecule has 0 aliphatic carbocycles. The minimum atomic E-state index is -0.599. The molecular formula is C34H28FN5O2. The number of hydrogen-bond acceptors (Lipinski definition) is 6. The number of aromatic nitrogens is 3. The van der Waals surface area contributed by atoms with Crippen LogP contribution in [0, 0.1) is 12.7 Å². The molecule has 4 N–H and O–H groups in total. The number of anilines is 2. The Bertz CT molecular complexity index is 1990. The highest BCUT2D eigenvalue weighted by molar-refractivity contribution is 5.96. The molecule has 8 heteroatoms. The van der Waals surface area contributed by atoms with E-state index in [1.54, 1.807) is 4.57 Å². The van der Waals surface area contributed by atoms with Gasteiger partial charge in [-0.15, -0.1) is 0 Å². The van der Waals surface area contributed by atoms with Crippen LogP contribution in [-0.2, 0) is 0 Å². The molecule has 1 atom stereocenters. The van der Waals surface area contributed by atoms with Gasteiger partial charge >= 0.3 is 0 Å². The summed E-state index contributed by atoms with van der Waals surface area (Å²) in [5.74, 6) is -0.466. The van der Waals surface area contributed by atoms with Crippen molar-refractivity contribution in [2.24, 2.45) is 0 Å². The molecule has 0 bridgehead atoms. The lowest BCUT2D eigenvalue weighted by Gasteiger charge is -2.23. The van der Waals surface area contributed by atoms with Crippen LogP contribution in [0.15, 0.2) is 108 Å². The maximum absolute atomic E-state index is 14.4. The number of halogens is 1. The van der Waals surface area contributed by atoms with Crippen molar-refractivity contribution in [3.8, 4) is 33.7 Å². The highest BCUT2D eigenvalue weighted by Gasteiger charge is 2.21. The lowest BCUT2D eigenvalue weighted by molar-refractivity contribution is 0.469. The van der Waals surface area contributed by atoms with Crippen LogP contribution in [-0.4, -0.2) is 19.6 Å². The number of nitrogens with two attached hydrogens (primary N) is 1. The number of phenolic OH excluding ortho intramolecular Hbond substituents is 1. The van der Waals surface area contributed by atoms with Gasteiger partial charge in [0.25, 0.3) is 5.56 Å². The first-order valence-electron chi connectivity index (χ1n) is 13.5. The molecule has 0 spiro atoms. The predicted octanol–water partition coefficient (Wildman–Crippen LogP) is 7.02. The molecule has 0 unspecified atom stereocenters. The molecule has 0 saturated heterocycles. The van der Waals surface area contributed by atoms with Crippen LogP contribution in [0.4, 0.5) is 16.2 Å². The number of aryl methyl sites for hydroxylation is 1. The van der Waals surface area contributed by atoms with E-state index >= 15 is 0 Å². The summed E-state index contributed by atoms with van der Waals surface area (Å²) in [5.41, 5.74) is 10.9. The maximum atomic E-state index is 14.4. The second-order valence-corrected chi connectivity index (χ2v) is 10.2. The Hall–Kier alpha value is -5.50. The average Bonchev–Trinajstić information content (AvgIpc) is 2.96. The van der Waals surface area contributed by atoms with Gasteiger partial charge in [-0.3, -0.25) is 9.36 Å². The minimum Gasteiger partial charge on any atom is -0.508 e. The molecule has 0 aliphatic rings. The van der Waals surface area contributed by atoms with Gasteiger partial charge in [0, 0.05) is 29.2 Å². The van der Waals surface area contributed by atoms with Gasteiger partial charge in [0.05, 0.1) is 11.4 Å². The van der Waals surface area contributed by atoms with Gasteiger partial charge in [-0.1, -0.05) is 66.2 Å². The van der Waals surface area contributed by atoms with Crippen molar-refractivity contribution >= 4 is 22.5 Å². The number of para-hydroxylation sites is 1. The van der Waals surface area contributed by atoms with Crippen molar-refractivity contribution < 1.29 is 9.50 Å². The third-order valence-electron chi connectivity index (χ3n) is 7.22. The Kier molecular flexibility index (Phi) is 6.88.